The van der Waals surface area contributed by atoms with Gasteiger partial charge in [-0.1, -0.05) is 5.21 Å². The molecule has 0 saturated heterocycles. The molecule has 10 heteroatoms. The van der Waals surface area contributed by atoms with Crippen LogP contribution in [0.25, 0.3) is 5.69 Å². The van der Waals surface area contributed by atoms with Crippen molar-refractivity contribution < 1.29 is 18.3 Å². The quantitative estimate of drug-likeness (QED) is 0.718. The highest BCUT2D eigenvalue weighted by molar-refractivity contribution is 5.93. The Hall–Kier alpha value is -3.43. The van der Waals surface area contributed by atoms with Crippen LogP contribution in [0, 0.1) is 5.82 Å². The van der Waals surface area contributed by atoms with Crippen LogP contribution in [0.15, 0.2) is 36.8 Å². The van der Waals surface area contributed by atoms with E-state index in [1.54, 1.807) is 6.20 Å². The maximum absolute atomic E-state index is 13.4. The first kappa shape index (κ1) is 17.4. The van der Waals surface area contributed by atoms with Crippen molar-refractivity contribution in [2.45, 2.75) is 13.3 Å². The number of aromatic nitrogens is 5. The molecule has 1 amide bonds. The van der Waals surface area contributed by atoms with Crippen molar-refractivity contribution in [3.05, 3.63) is 59.4 Å². The second-order valence-electron chi connectivity index (χ2n) is 5.19. The van der Waals surface area contributed by atoms with Gasteiger partial charge in [0, 0.05) is 25.0 Å². The molecule has 2 aromatic heterocycles. The van der Waals surface area contributed by atoms with Crippen LogP contribution in [0.5, 0.6) is 6.01 Å². The zero-order valence-electron chi connectivity index (χ0n) is 13.7. The molecule has 0 radical (unpaired) electrons. The number of hydrogen-bond donors (Lipinski definition) is 1. The third-order valence-electron chi connectivity index (χ3n) is 3.45. The van der Waals surface area contributed by atoms with Crippen molar-refractivity contribution >= 4 is 5.91 Å². The van der Waals surface area contributed by atoms with E-state index >= 15 is 0 Å². The van der Waals surface area contributed by atoms with Gasteiger partial charge in [-0.2, -0.15) is 0 Å². The number of alkyl halides is 1. The summed E-state index contributed by atoms with van der Waals surface area (Å²) in [5.41, 5.74) is 1.20. The minimum atomic E-state index is -0.909. The van der Waals surface area contributed by atoms with Gasteiger partial charge in [0.05, 0.1) is 17.4 Å². The molecule has 3 rings (SSSR count). The molecule has 0 atom stereocenters. The summed E-state index contributed by atoms with van der Waals surface area (Å²) in [5.74, 6) is -0.913. The molecule has 0 bridgehead atoms. The zero-order chi connectivity index (χ0) is 18.5. The van der Waals surface area contributed by atoms with Crippen LogP contribution >= 0.6 is 0 Å². The first-order valence-electron chi connectivity index (χ1n) is 7.53. The predicted molar refractivity (Wildman–Crippen MR) is 85.9 cm³/mol. The van der Waals surface area contributed by atoms with Crippen LogP contribution in [0.4, 0.5) is 8.78 Å². The number of halogens is 2. The summed E-state index contributed by atoms with van der Waals surface area (Å²) in [7, 11) is 1.51. The fourth-order valence-electron chi connectivity index (χ4n) is 2.09. The second-order valence-corrected chi connectivity index (χ2v) is 5.19. The number of nitrogens with zero attached hydrogens (tertiary/aromatic N) is 5. The van der Waals surface area contributed by atoms with Crippen LogP contribution in [-0.2, 0) is 13.3 Å². The number of benzene rings is 1. The molecule has 0 aliphatic carbocycles. The van der Waals surface area contributed by atoms with Gasteiger partial charge in [0.1, 0.15) is 24.8 Å². The summed E-state index contributed by atoms with van der Waals surface area (Å²) in [6.45, 7) is -0.871. The number of ether oxygens (including phenoxy) is 1. The van der Waals surface area contributed by atoms with E-state index in [9.17, 15) is 13.6 Å². The Bertz CT molecular complexity index is 913. The number of hydrogen-bond acceptors (Lipinski definition) is 6. The molecule has 2 heterocycles. The monoisotopic (exact) mass is 360 g/mol. The van der Waals surface area contributed by atoms with E-state index in [1.807, 2.05) is 0 Å². The first-order valence-corrected chi connectivity index (χ1v) is 7.53. The molecular formula is C16H14F2N6O2. The summed E-state index contributed by atoms with van der Waals surface area (Å²) >= 11 is 0. The zero-order valence-corrected chi connectivity index (χ0v) is 13.7. The van der Waals surface area contributed by atoms with Gasteiger partial charge in [0.25, 0.3) is 5.91 Å². The summed E-state index contributed by atoms with van der Waals surface area (Å²) < 4.78 is 32.9. The van der Waals surface area contributed by atoms with E-state index in [2.05, 4.69) is 25.6 Å². The third-order valence-corrected chi connectivity index (χ3v) is 3.45. The Morgan fingerprint density at radius 1 is 1.31 bits per heavy atom. The molecule has 1 aromatic carbocycles. The Labute approximate surface area is 146 Å². The topological polar surface area (TPSA) is 94.8 Å². The average Bonchev–Trinajstić information content (AvgIpc) is 3.15. The molecule has 0 aliphatic heterocycles. The third kappa shape index (κ3) is 3.79. The highest BCUT2D eigenvalue weighted by atomic mass is 19.1. The van der Waals surface area contributed by atoms with Crippen LogP contribution in [-0.4, -0.2) is 37.9 Å². The van der Waals surface area contributed by atoms with Gasteiger partial charge in [-0.3, -0.25) is 4.79 Å². The molecule has 1 N–H and O–H groups in total. The Kier molecular flexibility index (Phi) is 5.11. The SMILES string of the molecule is CNC(=O)c1cnc(OCc2cn(-c3ccc(F)c(CF)c3)nn2)nc1. The molecule has 0 fully saturated rings. The molecule has 0 spiro atoms. The van der Waals surface area contributed by atoms with Crippen molar-refractivity contribution in [1.82, 2.24) is 30.3 Å². The molecule has 0 aliphatic rings. The van der Waals surface area contributed by atoms with E-state index in [1.165, 1.54) is 42.3 Å². The molecule has 134 valence electrons. The van der Waals surface area contributed by atoms with E-state index < -0.39 is 12.5 Å². The minimum absolute atomic E-state index is 0.0382. The molecule has 8 nitrogen and oxygen atoms in total. The maximum Gasteiger partial charge on any atom is 0.316 e. The van der Waals surface area contributed by atoms with E-state index in [-0.39, 0.29) is 24.1 Å². The second kappa shape index (κ2) is 7.64. The maximum atomic E-state index is 13.4. The number of nitrogens with one attached hydrogen (secondary N) is 1. The van der Waals surface area contributed by atoms with E-state index in [4.69, 9.17) is 4.74 Å². The minimum Gasteiger partial charge on any atom is -0.457 e. The predicted octanol–water partition coefficient (Wildman–Crippen LogP) is 1.60. The van der Waals surface area contributed by atoms with Gasteiger partial charge in [-0.25, -0.2) is 23.4 Å². The number of rotatable bonds is 6. The lowest BCUT2D eigenvalue weighted by Gasteiger charge is -2.03. The summed E-state index contributed by atoms with van der Waals surface area (Å²) in [5, 5.41) is 10.3. The van der Waals surface area contributed by atoms with Crippen LogP contribution in [0.2, 0.25) is 0 Å². The fraction of sp³-hybridized carbons (Fsp3) is 0.188. The highest BCUT2D eigenvalue weighted by Gasteiger charge is 2.09. The number of amides is 1. The van der Waals surface area contributed by atoms with Crippen molar-refractivity contribution in [2.75, 3.05) is 7.05 Å². The Balaban J connectivity index is 1.66. The van der Waals surface area contributed by atoms with Crippen LogP contribution < -0.4 is 10.1 Å². The lowest BCUT2D eigenvalue weighted by molar-refractivity contribution is 0.0962. The summed E-state index contributed by atoms with van der Waals surface area (Å²) in [6.07, 6.45) is 4.25. The molecular weight excluding hydrogens is 346 g/mol. The van der Waals surface area contributed by atoms with Gasteiger partial charge < -0.3 is 10.1 Å². The van der Waals surface area contributed by atoms with E-state index in [0.29, 0.717) is 16.9 Å². The van der Waals surface area contributed by atoms with Crippen LogP contribution in [0.1, 0.15) is 21.6 Å². The normalized spacial score (nSPS) is 10.6. The van der Waals surface area contributed by atoms with Crippen LogP contribution in [0.3, 0.4) is 0 Å². The Morgan fingerprint density at radius 2 is 2.08 bits per heavy atom. The lowest BCUT2D eigenvalue weighted by Crippen LogP contribution is -2.18. The highest BCUT2D eigenvalue weighted by Crippen LogP contribution is 2.15. The largest absolute Gasteiger partial charge is 0.457 e. The van der Waals surface area contributed by atoms with Gasteiger partial charge in [0.15, 0.2) is 0 Å². The van der Waals surface area contributed by atoms with Crippen molar-refractivity contribution in [3.8, 4) is 11.7 Å². The smallest absolute Gasteiger partial charge is 0.316 e. The Morgan fingerprint density at radius 3 is 2.77 bits per heavy atom. The standard InChI is InChI=1S/C16H14F2N6O2/c1-19-15(25)11-6-20-16(21-7-11)26-9-12-8-24(23-22-12)13-2-3-14(18)10(4-13)5-17/h2-4,6-8H,5,9H2,1H3,(H,19,25). The first-order chi connectivity index (χ1) is 12.6. The van der Waals surface area contributed by atoms with Gasteiger partial charge >= 0.3 is 6.01 Å². The summed E-state index contributed by atoms with van der Waals surface area (Å²) in [6, 6.07) is 4.07. The molecule has 0 saturated carbocycles. The van der Waals surface area contributed by atoms with Crippen molar-refractivity contribution in [2.24, 2.45) is 0 Å². The van der Waals surface area contributed by atoms with E-state index in [0.717, 1.165) is 0 Å². The van der Waals surface area contributed by atoms with Crippen molar-refractivity contribution in [3.63, 3.8) is 0 Å². The average molecular weight is 360 g/mol. The molecule has 0 unspecified atom stereocenters. The van der Waals surface area contributed by atoms with Gasteiger partial charge in [-0.05, 0) is 18.2 Å². The molecule has 26 heavy (non-hydrogen) atoms. The molecule has 3 aromatic rings. The van der Waals surface area contributed by atoms with Crippen molar-refractivity contribution in [1.29, 1.82) is 0 Å². The van der Waals surface area contributed by atoms with Gasteiger partial charge in [-0.15, -0.1) is 5.10 Å². The fourth-order valence-corrected chi connectivity index (χ4v) is 2.09. The van der Waals surface area contributed by atoms with Gasteiger partial charge in [0.2, 0.25) is 0 Å². The summed E-state index contributed by atoms with van der Waals surface area (Å²) in [4.78, 5) is 19.3. The number of carbonyl (C=O) groups is 1. The lowest BCUT2D eigenvalue weighted by atomic mass is 10.2. The number of carbonyl (C=O) groups excluding carboxylic acids is 1.